The molecule has 1 aromatic heterocycles. The van der Waals surface area contributed by atoms with Gasteiger partial charge in [0.25, 0.3) is 0 Å². The van der Waals surface area contributed by atoms with Crippen LogP contribution in [0, 0.1) is 16.4 Å². The van der Waals surface area contributed by atoms with Gasteiger partial charge in [0.2, 0.25) is 4.77 Å². The standard InChI is InChI=1S/C8H6F2N4S/c9-6-1-5(2-7(10)3-6)4-14-8(15)11-12-13-14/h1-3H,4H2,(H,11,13,15). The van der Waals surface area contributed by atoms with Gasteiger partial charge in [-0.2, -0.15) is 5.21 Å². The molecule has 0 bridgehead atoms. The molecule has 7 heteroatoms. The molecule has 0 radical (unpaired) electrons. The van der Waals surface area contributed by atoms with Crippen LogP contribution in [-0.2, 0) is 6.54 Å². The zero-order chi connectivity index (χ0) is 10.8. The molecule has 0 atom stereocenters. The molecule has 2 rings (SSSR count). The summed E-state index contributed by atoms with van der Waals surface area (Å²) in [6.07, 6.45) is 0. The highest BCUT2D eigenvalue weighted by molar-refractivity contribution is 7.71. The second kappa shape index (κ2) is 3.85. The third-order valence-corrected chi connectivity index (χ3v) is 2.10. The highest BCUT2D eigenvalue weighted by Crippen LogP contribution is 2.08. The Bertz CT molecular complexity index is 513. The maximum atomic E-state index is 12.8. The van der Waals surface area contributed by atoms with E-state index in [2.05, 4.69) is 15.5 Å². The zero-order valence-corrected chi connectivity index (χ0v) is 8.26. The highest BCUT2D eigenvalue weighted by Gasteiger charge is 2.02. The van der Waals surface area contributed by atoms with E-state index in [0.717, 1.165) is 6.07 Å². The van der Waals surface area contributed by atoms with Crippen LogP contribution in [0.5, 0.6) is 0 Å². The minimum absolute atomic E-state index is 0.209. The summed E-state index contributed by atoms with van der Waals surface area (Å²) in [7, 11) is 0. The van der Waals surface area contributed by atoms with E-state index in [0.29, 0.717) is 5.56 Å². The Balaban J connectivity index is 2.32. The molecule has 2 aromatic rings. The Hall–Kier alpha value is -1.63. The van der Waals surface area contributed by atoms with Gasteiger partial charge in [-0.15, -0.1) is 0 Å². The lowest BCUT2D eigenvalue weighted by atomic mass is 10.2. The zero-order valence-electron chi connectivity index (χ0n) is 7.44. The van der Waals surface area contributed by atoms with E-state index in [9.17, 15) is 8.78 Å². The number of halogens is 2. The number of nitrogens with zero attached hydrogens (tertiary/aromatic N) is 3. The van der Waals surface area contributed by atoms with E-state index in [1.807, 2.05) is 0 Å². The minimum atomic E-state index is -0.621. The van der Waals surface area contributed by atoms with Crippen molar-refractivity contribution in [3.05, 3.63) is 40.2 Å². The molecule has 1 N–H and O–H groups in total. The van der Waals surface area contributed by atoms with E-state index in [-0.39, 0.29) is 11.3 Å². The fourth-order valence-corrected chi connectivity index (χ4v) is 1.35. The Morgan fingerprint density at radius 3 is 2.47 bits per heavy atom. The number of aromatic nitrogens is 4. The molecular formula is C8H6F2N4S. The number of H-pyrrole nitrogens is 1. The first-order valence-electron chi connectivity index (χ1n) is 4.08. The largest absolute Gasteiger partial charge is 0.238 e. The van der Waals surface area contributed by atoms with Crippen molar-refractivity contribution in [1.82, 2.24) is 20.2 Å². The van der Waals surface area contributed by atoms with Crippen LogP contribution in [-0.4, -0.2) is 20.2 Å². The number of hydrogen-bond donors (Lipinski definition) is 1. The van der Waals surface area contributed by atoms with Crippen molar-refractivity contribution in [2.75, 3.05) is 0 Å². The van der Waals surface area contributed by atoms with Gasteiger partial charge >= 0.3 is 0 Å². The van der Waals surface area contributed by atoms with Gasteiger partial charge in [0.15, 0.2) is 0 Å². The lowest BCUT2D eigenvalue weighted by molar-refractivity contribution is 0.571. The number of rotatable bonds is 2. The van der Waals surface area contributed by atoms with Gasteiger partial charge in [0.1, 0.15) is 11.6 Å². The van der Waals surface area contributed by atoms with Crippen molar-refractivity contribution in [2.45, 2.75) is 6.54 Å². The number of tetrazole rings is 1. The highest BCUT2D eigenvalue weighted by atomic mass is 32.1. The van der Waals surface area contributed by atoms with Crippen LogP contribution >= 0.6 is 12.2 Å². The normalized spacial score (nSPS) is 10.5. The predicted octanol–water partition coefficient (Wildman–Crippen LogP) is 1.66. The summed E-state index contributed by atoms with van der Waals surface area (Å²) in [5.74, 6) is -1.24. The van der Waals surface area contributed by atoms with Crippen LogP contribution in [0.3, 0.4) is 0 Å². The smallest absolute Gasteiger partial charge is 0.238 e. The number of nitrogens with one attached hydrogen (secondary N) is 1. The molecule has 4 nitrogen and oxygen atoms in total. The molecule has 0 saturated heterocycles. The Kier molecular flexibility index (Phi) is 2.55. The van der Waals surface area contributed by atoms with Crippen LogP contribution < -0.4 is 0 Å². The predicted molar refractivity (Wildman–Crippen MR) is 50.7 cm³/mol. The van der Waals surface area contributed by atoms with Gasteiger partial charge in [0, 0.05) is 6.07 Å². The van der Waals surface area contributed by atoms with Gasteiger partial charge in [-0.3, -0.25) is 0 Å². The van der Waals surface area contributed by atoms with Gasteiger partial charge in [-0.25, -0.2) is 13.5 Å². The molecule has 0 unspecified atom stereocenters. The van der Waals surface area contributed by atoms with Gasteiger partial charge in [-0.05, 0) is 29.9 Å². The summed E-state index contributed by atoms with van der Waals surface area (Å²) in [4.78, 5) is 0. The van der Waals surface area contributed by atoms with Crippen molar-refractivity contribution in [3.8, 4) is 0 Å². The average molecular weight is 228 g/mol. The third kappa shape index (κ3) is 2.24. The fourth-order valence-electron chi connectivity index (χ4n) is 1.20. The second-order valence-corrected chi connectivity index (χ2v) is 3.31. The van der Waals surface area contributed by atoms with Crippen LogP contribution in [0.4, 0.5) is 8.78 Å². The number of aromatic amines is 1. The van der Waals surface area contributed by atoms with Crippen molar-refractivity contribution < 1.29 is 8.78 Å². The Morgan fingerprint density at radius 1 is 1.27 bits per heavy atom. The maximum Gasteiger partial charge on any atom is 0.238 e. The molecule has 1 aromatic carbocycles. The van der Waals surface area contributed by atoms with Crippen molar-refractivity contribution >= 4 is 12.2 Å². The minimum Gasteiger partial charge on any atom is -0.238 e. The monoisotopic (exact) mass is 228 g/mol. The van der Waals surface area contributed by atoms with Crippen LogP contribution in [0.1, 0.15) is 5.56 Å². The summed E-state index contributed by atoms with van der Waals surface area (Å²) in [6, 6.07) is 3.27. The molecular weight excluding hydrogens is 222 g/mol. The molecule has 0 aliphatic carbocycles. The topological polar surface area (TPSA) is 46.5 Å². The molecule has 0 fully saturated rings. The van der Waals surface area contributed by atoms with E-state index in [1.165, 1.54) is 16.8 Å². The molecule has 0 aliphatic heterocycles. The van der Waals surface area contributed by atoms with Crippen molar-refractivity contribution in [2.24, 2.45) is 0 Å². The maximum absolute atomic E-state index is 12.8. The summed E-state index contributed by atoms with van der Waals surface area (Å²) < 4.78 is 27.3. The fraction of sp³-hybridized carbons (Fsp3) is 0.125. The van der Waals surface area contributed by atoms with Crippen LogP contribution in [0.15, 0.2) is 18.2 Å². The molecule has 78 valence electrons. The van der Waals surface area contributed by atoms with E-state index in [1.54, 1.807) is 0 Å². The quantitative estimate of drug-likeness (QED) is 0.795. The Labute approximate surface area is 88.5 Å². The number of hydrogen-bond acceptors (Lipinski definition) is 3. The van der Waals surface area contributed by atoms with Crippen LogP contribution in [0.25, 0.3) is 0 Å². The second-order valence-electron chi connectivity index (χ2n) is 2.95. The molecule has 0 aliphatic rings. The van der Waals surface area contributed by atoms with Gasteiger partial charge in [0.05, 0.1) is 6.54 Å². The summed E-state index contributed by atoms with van der Waals surface area (Å²) >= 11 is 4.82. The van der Waals surface area contributed by atoms with Crippen molar-refractivity contribution in [3.63, 3.8) is 0 Å². The average Bonchev–Trinajstić information content (AvgIpc) is 2.50. The molecule has 0 amide bonds. The molecule has 0 spiro atoms. The van der Waals surface area contributed by atoms with E-state index >= 15 is 0 Å². The first-order chi connectivity index (χ1) is 7.15. The van der Waals surface area contributed by atoms with E-state index < -0.39 is 11.6 Å². The first-order valence-corrected chi connectivity index (χ1v) is 4.49. The third-order valence-electron chi connectivity index (χ3n) is 1.79. The lowest BCUT2D eigenvalue weighted by Crippen LogP contribution is -2.03. The Morgan fingerprint density at radius 2 is 1.93 bits per heavy atom. The molecule has 1 heterocycles. The number of benzene rings is 1. The van der Waals surface area contributed by atoms with Gasteiger partial charge in [-0.1, -0.05) is 10.3 Å². The van der Waals surface area contributed by atoms with Crippen LogP contribution in [0.2, 0.25) is 0 Å². The van der Waals surface area contributed by atoms with E-state index in [4.69, 9.17) is 12.2 Å². The first kappa shape index (κ1) is 9.91. The summed E-state index contributed by atoms with van der Waals surface area (Å²) in [5.41, 5.74) is 0.453. The van der Waals surface area contributed by atoms with Gasteiger partial charge < -0.3 is 0 Å². The van der Waals surface area contributed by atoms with Crippen molar-refractivity contribution in [1.29, 1.82) is 0 Å². The summed E-state index contributed by atoms with van der Waals surface area (Å²) in [6.45, 7) is 0.209. The summed E-state index contributed by atoms with van der Waals surface area (Å²) in [5, 5.41) is 9.50. The molecule has 15 heavy (non-hydrogen) atoms. The SMILES string of the molecule is Fc1cc(F)cc(Cn2[nH]nnc2=S)c1. The molecule has 0 saturated carbocycles. The lowest BCUT2D eigenvalue weighted by Gasteiger charge is -2.01.